The Morgan fingerprint density at radius 1 is 1.43 bits per heavy atom. The number of carbonyl (C=O) groups is 1. The van der Waals surface area contributed by atoms with Crippen LogP contribution in [0.2, 0.25) is 0 Å². The number of benzene rings is 1. The standard InChI is InChI=1S/C18H21FN2O2/c1-12(2)17-11-15(20-23-17)16-8-5-9-21(16)18(22)10-13-6-3-4-7-14(13)19/h3-4,6-7,11-12,16H,5,8-10H2,1-2H3/t16-/m1/s1. The van der Waals surface area contributed by atoms with E-state index >= 15 is 0 Å². The molecule has 1 aromatic heterocycles. The molecule has 2 aromatic rings. The molecule has 1 fully saturated rings. The van der Waals surface area contributed by atoms with Gasteiger partial charge in [-0.3, -0.25) is 4.79 Å². The lowest BCUT2D eigenvalue weighted by Crippen LogP contribution is -2.32. The first-order chi connectivity index (χ1) is 11.1. The van der Waals surface area contributed by atoms with Gasteiger partial charge in [-0.05, 0) is 24.5 Å². The molecule has 5 heteroatoms. The molecule has 0 N–H and O–H groups in total. The Kier molecular flexibility index (Phi) is 4.46. The molecule has 1 amide bonds. The van der Waals surface area contributed by atoms with Gasteiger partial charge in [-0.25, -0.2) is 4.39 Å². The third kappa shape index (κ3) is 3.28. The number of likely N-dealkylation sites (tertiary alicyclic amines) is 1. The third-order valence-electron chi connectivity index (χ3n) is 4.33. The topological polar surface area (TPSA) is 46.3 Å². The van der Waals surface area contributed by atoms with E-state index in [1.807, 2.05) is 19.9 Å². The van der Waals surface area contributed by atoms with Gasteiger partial charge in [-0.2, -0.15) is 0 Å². The minimum atomic E-state index is -0.333. The van der Waals surface area contributed by atoms with Gasteiger partial charge in [0, 0.05) is 18.5 Å². The van der Waals surface area contributed by atoms with E-state index in [4.69, 9.17) is 4.52 Å². The van der Waals surface area contributed by atoms with Crippen molar-refractivity contribution in [1.82, 2.24) is 10.1 Å². The first kappa shape index (κ1) is 15.7. The largest absolute Gasteiger partial charge is 0.361 e. The molecule has 1 saturated heterocycles. The van der Waals surface area contributed by atoms with Crippen LogP contribution < -0.4 is 0 Å². The van der Waals surface area contributed by atoms with Crippen molar-refractivity contribution < 1.29 is 13.7 Å². The SMILES string of the molecule is CC(C)c1cc([C@H]2CCCN2C(=O)Cc2ccccc2F)no1. The van der Waals surface area contributed by atoms with Gasteiger partial charge in [-0.15, -0.1) is 0 Å². The molecular formula is C18H21FN2O2. The summed E-state index contributed by atoms with van der Waals surface area (Å²) < 4.78 is 19.1. The Hall–Kier alpha value is -2.17. The van der Waals surface area contributed by atoms with E-state index in [1.165, 1.54) is 6.07 Å². The van der Waals surface area contributed by atoms with Gasteiger partial charge in [0.2, 0.25) is 5.91 Å². The summed E-state index contributed by atoms with van der Waals surface area (Å²) >= 11 is 0. The molecular weight excluding hydrogens is 295 g/mol. The number of nitrogens with zero attached hydrogens (tertiary/aromatic N) is 2. The average Bonchev–Trinajstić information content (AvgIpc) is 3.17. The first-order valence-corrected chi connectivity index (χ1v) is 8.05. The highest BCUT2D eigenvalue weighted by molar-refractivity contribution is 5.79. The molecule has 0 radical (unpaired) electrons. The molecule has 0 bridgehead atoms. The van der Waals surface area contributed by atoms with Gasteiger partial charge < -0.3 is 9.42 Å². The highest BCUT2D eigenvalue weighted by Crippen LogP contribution is 2.33. The summed E-state index contributed by atoms with van der Waals surface area (Å²) in [7, 11) is 0. The number of hydrogen-bond acceptors (Lipinski definition) is 3. The molecule has 1 atom stereocenters. The minimum Gasteiger partial charge on any atom is -0.361 e. The first-order valence-electron chi connectivity index (χ1n) is 8.05. The van der Waals surface area contributed by atoms with Crippen LogP contribution in [0, 0.1) is 5.82 Å². The second kappa shape index (κ2) is 6.52. The van der Waals surface area contributed by atoms with Crippen LogP contribution >= 0.6 is 0 Å². The quantitative estimate of drug-likeness (QED) is 0.861. The Labute approximate surface area is 135 Å². The molecule has 23 heavy (non-hydrogen) atoms. The van der Waals surface area contributed by atoms with Crippen LogP contribution in [-0.2, 0) is 11.2 Å². The Bertz CT molecular complexity index is 696. The second-order valence-electron chi connectivity index (χ2n) is 6.32. The van der Waals surface area contributed by atoms with Gasteiger partial charge in [0.1, 0.15) is 17.3 Å². The summed E-state index contributed by atoms with van der Waals surface area (Å²) in [4.78, 5) is 14.4. The smallest absolute Gasteiger partial charge is 0.227 e. The van der Waals surface area contributed by atoms with E-state index in [2.05, 4.69) is 5.16 Å². The van der Waals surface area contributed by atoms with E-state index in [1.54, 1.807) is 23.1 Å². The Balaban J connectivity index is 1.75. The zero-order chi connectivity index (χ0) is 16.4. The summed E-state index contributed by atoms with van der Waals surface area (Å²) in [6, 6.07) is 8.29. The van der Waals surface area contributed by atoms with Crippen LogP contribution in [0.3, 0.4) is 0 Å². The maximum absolute atomic E-state index is 13.8. The zero-order valence-corrected chi connectivity index (χ0v) is 13.5. The average molecular weight is 316 g/mol. The van der Waals surface area contributed by atoms with Crippen LogP contribution in [0.5, 0.6) is 0 Å². The van der Waals surface area contributed by atoms with Gasteiger partial charge >= 0.3 is 0 Å². The number of aromatic nitrogens is 1. The lowest BCUT2D eigenvalue weighted by molar-refractivity contribution is -0.131. The summed E-state index contributed by atoms with van der Waals surface area (Å²) in [5, 5.41) is 4.13. The van der Waals surface area contributed by atoms with Crippen molar-refractivity contribution in [2.45, 2.75) is 45.1 Å². The van der Waals surface area contributed by atoms with E-state index in [0.717, 1.165) is 24.3 Å². The van der Waals surface area contributed by atoms with Gasteiger partial charge in [0.05, 0.1) is 12.5 Å². The fraction of sp³-hybridized carbons (Fsp3) is 0.444. The predicted octanol–water partition coefficient (Wildman–Crippen LogP) is 3.84. The van der Waals surface area contributed by atoms with Gasteiger partial charge in [0.25, 0.3) is 0 Å². The number of carbonyl (C=O) groups excluding carboxylic acids is 1. The Morgan fingerprint density at radius 2 is 2.22 bits per heavy atom. The molecule has 1 aliphatic rings. The normalized spacial score (nSPS) is 17.9. The fourth-order valence-electron chi connectivity index (χ4n) is 3.01. The van der Waals surface area contributed by atoms with Gasteiger partial charge in [0.15, 0.2) is 0 Å². The molecule has 0 spiro atoms. The lowest BCUT2D eigenvalue weighted by Gasteiger charge is -2.23. The highest BCUT2D eigenvalue weighted by Gasteiger charge is 2.32. The molecule has 0 aliphatic carbocycles. The van der Waals surface area contributed by atoms with Crippen LogP contribution in [0.15, 0.2) is 34.9 Å². The second-order valence-corrected chi connectivity index (χ2v) is 6.32. The maximum atomic E-state index is 13.8. The monoisotopic (exact) mass is 316 g/mol. The number of halogens is 1. The van der Waals surface area contributed by atoms with Crippen LogP contribution in [-0.4, -0.2) is 22.5 Å². The fourth-order valence-corrected chi connectivity index (χ4v) is 3.01. The highest BCUT2D eigenvalue weighted by atomic mass is 19.1. The molecule has 0 saturated carbocycles. The van der Waals surface area contributed by atoms with Gasteiger partial charge in [-0.1, -0.05) is 37.2 Å². The summed E-state index contributed by atoms with van der Waals surface area (Å²) in [6.07, 6.45) is 1.88. The van der Waals surface area contributed by atoms with Crippen molar-refractivity contribution in [3.05, 3.63) is 53.2 Å². The molecule has 4 nitrogen and oxygen atoms in total. The molecule has 3 rings (SSSR count). The molecule has 0 unspecified atom stereocenters. The van der Waals surface area contributed by atoms with Crippen LogP contribution in [0.1, 0.15) is 55.7 Å². The number of hydrogen-bond donors (Lipinski definition) is 0. The molecule has 1 aliphatic heterocycles. The van der Waals surface area contributed by atoms with E-state index < -0.39 is 0 Å². The van der Waals surface area contributed by atoms with Crippen molar-refractivity contribution >= 4 is 5.91 Å². The van der Waals surface area contributed by atoms with E-state index in [0.29, 0.717) is 12.1 Å². The van der Waals surface area contributed by atoms with Crippen LogP contribution in [0.25, 0.3) is 0 Å². The van der Waals surface area contributed by atoms with Crippen molar-refractivity contribution in [3.63, 3.8) is 0 Å². The Morgan fingerprint density at radius 3 is 2.91 bits per heavy atom. The minimum absolute atomic E-state index is 0.0632. The summed E-state index contributed by atoms with van der Waals surface area (Å²) in [5.74, 6) is 0.695. The van der Waals surface area contributed by atoms with E-state index in [-0.39, 0.29) is 30.1 Å². The summed E-state index contributed by atoms with van der Waals surface area (Å²) in [5.41, 5.74) is 1.24. The van der Waals surface area contributed by atoms with Crippen molar-refractivity contribution in [1.29, 1.82) is 0 Å². The van der Waals surface area contributed by atoms with Crippen molar-refractivity contribution in [2.24, 2.45) is 0 Å². The van der Waals surface area contributed by atoms with Crippen molar-refractivity contribution in [2.75, 3.05) is 6.54 Å². The number of amides is 1. The van der Waals surface area contributed by atoms with Crippen molar-refractivity contribution in [3.8, 4) is 0 Å². The maximum Gasteiger partial charge on any atom is 0.227 e. The van der Waals surface area contributed by atoms with Crippen LogP contribution in [0.4, 0.5) is 4.39 Å². The zero-order valence-electron chi connectivity index (χ0n) is 13.5. The summed E-state index contributed by atoms with van der Waals surface area (Å²) in [6.45, 7) is 4.77. The molecule has 122 valence electrons. The molecule has 1 aromatic carbocycles. The third-order valence-corrected chi connectivity index (χ3v) is 4.33. The lowest BCUT2D eigenvalue weighted by atomic mass is 10.1. The van der Waals surface area contributed by atoms with E-state index in [9.17, 15) is 9.18 Å². The number of rotatable bonds is 4. The predicted molar refractivity (Wildman–Crippen MR) is 84.4 cm³/mol. The molecule has 2 heterocycles.